The summed E-state index contributed by atoms with van der Waals surface area (Å²) in [5.74, 6) is 6.06. The van der Waals surface area contributed by atoms with E-state index in [1.807, 2.05) is 0 Å². The number of alkyl halides is 3. The van der Waals surface area contributed by atoms with Crippen LogP contribution in [-0.2, 0) is 12.6 Å². The van der Waals surface area contributed by atoms with Crippen molar-refractivity contribution in [1.29, 1.82) is 0 Å². The molecule has 6 heteroatoms. The van der Waals surface area contributed by atoms with Gasteiger partial charge in [0.1, 0.15) is 5.76 Å². The van der Waals surface area contributed by atoms with Gasteiger partial charge in [-0.1, -0.05) is 12.1 Å². The van der Waals surface area contributed by atoms with E-state index < -0.39 is 17.8 Å². The highest BCUT2D eigenvalue weighted by molar-refractivity contribution is 5.28. The molecule has 0 saturated heterocycles. The van der Waals surface area contributed by atoms with Gasteiger partial charge >= 0.3 is 6.18 Å². The maximum absolute atomic E-state index is 12.6. The Balaban J connectivity index is 2.23. The lowest BCUT2D eigenvalue weighted by molar-refractivity contribution is -0.137. The number of hydrazine groups is 1. The van der Waals surface area contributed by atoms with Crippen molar-refractivity contribution in [3.05, 3.63) is 59.5 Å². The minimum absolute atomic E-state index is 0.380. The Labute approximate surface area is 108 Å². The van der Waals surface area contributed by atoms with Crippen LogP contribution in [0.15, 0.2) is 47.1 Å². The van der Waals surface area contributed by atoms with Crippen LogP contribution in [-0.4, -0.2) is 0 Å². The standard InChI is InChI=1S/C13H13F3N2O/c14-13(15,16)10-4-1-3-9(7-10)12(18-17)8-11-5-2-6-19-11/h1-7,12,18H,8,17H2. The van der Waals surface area contributed by atoms with Gasteiger partial charge in [-0.05, 0) is 29.8 Å². The molecule has 0 amide bonds. The Morgan fingerprint density at radius 3 is 2.58 bits per heavy atom. The lowest BCUT2D eigenvalue weighted by Gasteiger charge is -2.16. The molecular weight excluding hydrogens is 257 g/mol. The maximum Gasteiger partial charge on any atom is 0.416 e. The summed E-state index contributed by atoms with van der Waals surface area (Å²) >= 11 is 0. The summed E-state index contributed by atoms with van der Waals surface area (Å²) < 4.78 is 43.1. The summed E-state index contributed by atoms with van der Waals surface area (Å²) in [5.41, 5.74) is 2.28. The van der Waals surface area contributed by atoms with Gasteiger partial charge in [-0.25, -0.2) is 0 Å². The molecule has 2 rings (SSSR count). The average molecular weight is 270 g/mol. The van der Waals surface area contributed by atoms with Gasteiger partial charge in [0.2, 0.25) is 0 Å². The first-order valence-corrected chi connectivity index (χ1v) is 5.66. The van der Waals surface area contributed by atoms with Crippen LogP contribution >= 0.6 is 0 Å². The summed E-state index contributed by atoms with van der Waals surface area (Å²) in [6, 6.07) is 8.12. The van der Waals surface area contributed by atoms with E-state index in [4.69, 9.17) is 10.3 Å². The molecule has 0 aliphatic carbocycles. The first kappa shape index (κ1) is 13.6. The fraction of sp³-hybridized carbons (Fsp3) is 0.231. The molecule has 0 bridgehead atoms. The zero-order chi connectivity index (χ0) is 13.9. The first-order valence-electron chi connectivity index (χ1n) is 5.66. The van der Waals surface area contributed by atoms with Crippen LogP contribution in [0.4, 0.5) is 13.2 Å². The molecule has 0 aliphatic heterocycles. The third kappa shape index (κ3) is 3.36. The Bertz CT molecular complexity index is 523. The quantitative estimate of drug-likeness (QED) is 0.663. The van der Waals surface area contributed by atoms with Crippen LogP contribution in [0.5, 0.6) is 0 Å². The summed E-state index contributed by atoms with van der Waals surface area (Å²) in [5, 5.41) is 0. The molecule has 1 heterocycles. The van der Waals surface area contributed by atoms with Gasteiger partial charge < -0.3 is 4.42 Å². The molecule has 3 N–H and O–H groups in total. The van der Waals surface area contributed by atoms with E-state index in [0.717, 1.165) is 12.1 Å². The summed E-state index contributed by atoms with van der Waals surface area (Å²) in [7, 11) is 0. The lowest BCUT2D eigenvalue weighted by atomic mass is 10.0. The van der Waals surface area contributed by atoms with E-state index >= 15 is 0 Å². The van der Waals surface area contributed by atoms with Crippen molar-refractivity contribution in [1.82, 2.24) is 5.43 Å². The third-order valence-electron chi connectivity index (χ3n) is 2.80. The molecule has 0 saturated carbocycles. The fourth-order valence-corrected chi connectivity index (χ4v) is 1.83. The Morgan fingerprint density at radius 1 is 1.21 bits per heavy atom. The second kappa shape index (κ2) is 5.46. The second-order valence-electron chi connectivity index (χ2n) is 4.13. The highest BCUT2D eigenvalue weighted by Gasteiger charge is 2.31. The first-order chi connectivity index (χ1) is 9.00. The largest absolute Gasteiger partial charge is 0.469 e. The SMILES string of the molecule is NNC(Cc1ccco1)c1cccc(C(F)(F)F)c1. The molecule has 0 aliphatic rings. The number of hydrogen-bond acceptors (Lipinski definition) is 3. The monoisotopic (exact) mass is 270 g/mol. The van der Waals surface area contributed by atoms with Gasteiger partial charge in [0.25, 0.3) is 0 Å². The molecule has 1 aromatic carbocycles. The van der Waals surface area contributed by atoms with E-state index in [2.05, 4.69) is 5.43 Å². The average Bonchev–Trinajstić information content (AvgIpc) is 2.88. The Kier molecular flexibility index (Phi) is 3.92. The van der Waals surface area contributed by atoms with Crippen LogP contribution in [0.1, 0.15) is 22.9 Å². The number of nitrogens with two attached hydrogens (primary N) is 1. The van der Waals surface area contributed by atoms with Crippen LogP contribution in [0, 0.1) is 0 Å². The van der Waals surface area contributed by atoms with Crippen LogP contribution in [0.3, 0.4) is 0 Å². The zero-order valence-electron chi connectivity index (χ0n) is 9.95. The van der Waals surface area contributed by atoms with Gasteiger partial charge in [0, 0.05) is 6.42 Å². The molecule has 102 valence electrons. The smallest absolute Gasteiger partial charge is 0.416 e. The van der Waals surface area contributed by atoms with Crippen LogP contribution < -0.4 is 11.3 Å². The van der Waals surface area contributed by atoms with E-state index in [1.165, 1.54) is 12.3 Å². The fourth-order valence-electron chi connectivity index (χ4n) is 1.83. The summed E-state index contributed by atoms with van der Waals surface area (Å²) in [6.07, 6.45) is -2.47. The highest BCUT2D eigenvalue weighted by Crippen LogP contribution is 2.31. The van der Waals surface area contributed by atoms with E-state index in [-0.39, 0.29) is 0 Å². The topological polar surface area (TPSA) is 51.2 Å². The minimum Gasteiger partial charge on any atom is -0.469 e. The van der Waals surface area contributed by atoms with Crippen molar-refractivity contribution in [2.24, 2.45) is 5.84 Å². The van der Waals surface area contributed by atoms with Gasteiger partial charge in [-0.15, -0.1) is 0 Å². The van der Waals surface area contributed by atoms with E-state index in [9.17, 15) is 13.2 Å². The van der Waals surface area contributed by atoms with Crippen molar-refractivity contribution < 1.29 is 17.6 Å². The van der Waals surface area contributed by atoms with Crippen molar-refractivity contribution >= 4 is 0 Å². The van der Waals surface area contributed by atoms with Gasteiger partial charge in [-0.2, -0.15) is 13.2 Å². The third-order valence-corrected chi connectivity index (χ3v) is 2.80. The molecule has 0 fully saturated rings. The van der Waals surface area contributed by atoms with Crippen molar-refractivity contribution in [3.63, 3.8) is 0 Å². The zero-order valence-corrected chi connectivity index (χ0v) is 9.95. The molecule has 0 radical (unpaired) electrons. The summed E-state index contributed by atoms with van der Waals surface area (Å²) in [4.78, 5) is 0. The number of rotatable bonds is 4. The van der Waals surface area contributed by atoms with E-state index in [1.54, 1.807) is 18.2 Å². The van der Waals surface area contributed by atoms with Crippen molar-refractivity contribution in [2.45, 2.75) is 18.6 Å². The molecule has 19 heavy (non-hydrogen) atoms. The molecule has 1 atom stereocenters. The number of hydrogen-bond donors (Lipinski definition) is 2. The molecule has 1 unspecified atom stereocenters. The lowest BCUT2D eigenvalue weighted by Crippen LogP contribution is -2.29. The predicted molar refractivity (Wildman–Crippen MR) is 63.9 cm³/mol. The van der Waals surface area contributed by atoms with Gasteiger partial charge in [0.15, 0.2) is 0 Å². The summed E-state index contributed by atoms with van der Waals surface area (Å²) in [6.45, 7) is 0. The van der Waals surface area contributed by atoms with Gasteiger partial charge in [-0.3, -0.25) is 11.3 Å². The number of nitrogens with one attached hydrogen (secondary N) is 1. The molecule has 2 aromatic rings. The van der Waals surface area contributed by atoms with Gasteiger partial charge in [0.05, 0.1) is 17.9 Å². The Hall–Kier alpha value is -1.79. The number of halogens is 3. The van der Waals surface area contributed by atoms with E-state index in [0.29, 0.717) is 17.7 Å². The Morgan fingerprint density at radius 2 is 2.00 bits per heavy atom. The van der Waals surface area contributed by atoms with Crippen molar-refractivity contribution in [2.75, 3.05) is 0 Å². The molecule has 0 spiro atoms. The van der Waals surface area contributed by atoms with Crippen LogP contribution in [0.2, 0.25) is 0 Å². The number of benzene rings is 1. The van der Waals surface area contributed by atoms with Crippen LogP contribution in [0.25, 0.3) is 0 Å². The minimum atomic E-state index is -4.36. The molecular formula is C13H13F3N2O. The molecule has 3 nitrogen and oxygen atoms in total. The second-order valence-corrected chi connectivity index (χ2v) is 4.13. The normalized spacial score (nSPS) is 13.5. The van der Waals surface area contributed by atoms with Crippen molar-refractivity contribution in [3.8, 4) is 0 Å². The highest BCUT2D eigenvalue weighted by atomic mass is 19.4. The number of furan rings is 1. The predicted octanol–water partition coefficient (Wildman–Crippen LogP) is 3.05. The molecule has 1 aromatic heterocycles. The maximum atomic E-state index is 12.6.